The fourth-order valence-electron chi connectivity index (χ4n) is 2.15. The molecule has 100 valence electrons. The molecule has 6 heteroatoms. The van der Waals surface area contributed by atoms with Gasteiger partial charge in [0.2, 0.25) is 0 Å². The number of nitrogens with one attached hydrogen (secondary N) is 2. The molecule has 2 rings (SSSR count). The van der Waals surface area contributed by atoms with Crippen LogP contribution in [0.25, 0.3) is 0 Å². The Balaban J connectivity index is 1.97. The van der Waals surface area contributed by atoms with Gasteiger partial charge in [0, 0.05) is 12.2 Å². The lowest BCUT2D eigenvalue weighted by molar-refractivity contribution is 0.0907. The van der Waals surface area contributed by atoms with E-state index in [9.17, 15) is 13.6 Å². The van der Waals surface area contributed by atoms with Crippen LogP contribution in [-0.2, 0) is 6.54 Å². The van der Waals surface area contributed by atoms with Crippen molar-refractivity contribution >= 4 is 5.91 Å². The Labute approximate surface area is 104 Å². The highest BCUT2D eigenvalue weighted by molar-refractivity contribution is 5.92. The van der Waals surface area contributed by atoms with Gasteiger partial charge in [0.1, 0.15) is 5.69 Å². The molecule has 0 bridgehead atoms. The maximum atomic E-state index is 12.3. The first-order valence-electron chi connectivity index (χ1n) is 6.11. The van der Waals surface area contributed by atoms with Crippen LogP contribution in [0.3, 0.4) is 0 Å². The van der Waals surface area contributed by atoms with Crippen LogP contribution in [0.15, 0.2) is 18.3 Å². The number of alkyl halides is 2. The lowest BCUT2D eigenvalue weighted by Gasteiger charge is -2.23. The van der Waals surface area contributed by atoms with E-state index in [0.717, 1.165) is 25.9 Å². The number of aromatic nitrogens is 1. The number of carbonyl (C=O) groups excluding carboxylic acids is 1. The van der Waals surface area contributed by atoms with Crippen molar-refractivity contribution in [3.05, 3.63) is 24.0 Å². The number of halogens is 2. The zero-order valence-electron chi connectivity index (χ0n) is 10.0. The van der Waals surface area contributed by atoms with Crippen LogP contribution in [0.5, 0.6) is 0 Å². The second kappa shape index (κ2) is 5.95. The van der Waals surface area contributed by atoms with Gasteiger partial charge >= 0.3 is 0 Å². The molecule has 1 aliphatic rings. The second-order valence-electron chi connectivity index (χ2n) is 4.43. The number of hydrogen-bond acceptors (Lipinski definition) is 2. The SMILES string of the molecule is O=C(NC1CCNCC1)c1cccn1CC(F)F. The summed E-state index contributed by atoms with van der Waals surface area (Å²) >= 11 is 0. The Morgan fingerprint density at radius 3 is 2.89 bits per heavy atom. The van der Waals surface area contributed by atoms with Gasteiger partial charge < -0.3 is 15.2 Å². The van der Waals surface area contributed by atoms with Gasteiger partial charge in [-0.3, -0.25) is 4.79 Å². The van der Waals surface area contributed by atoms with E-state index in [1.54, 1.807) is 12.1 Å². The Kier molecular flexibility index (Phi) is 4.30. The van der Waals surface area contributed by atoms with Crippen molar-refractivity contribution in [3.8, 4) is 0 Å². The number of amides is 1. The molecule has 2 N–H and O–H groups in total. The van der Waals surface area contributed by atoms with Gasteiger partial charge in [-0.25, -0.2) is 8.78 Å². The standard InChI is InChI=1S/C12H17F2N3O/c13-11(14)8-17-7-1-2-10(17)12(18)16-9-3-5-15-6-4-9/h1-2,7,9,11,15H,3-6,8H2,(H,16,18). The molecule has 1 aromatic rings. The summed E-state index contributed by atoms with van der Waals surface area (Å²) in [4.78, 5) is 12.0. The minimum atomic E-state index is -2.46. The molecule has 0 unspecified atom stereocenters. The van der Waals surface area contributed by atoms with Crippen molar-refractivity contribution in [1.82, 2.24) is 15.2 Å². The highest BCUT2D eigenvalue weighted by Crippen LogP contribution is 2.08. The Bertz CT molecular complexity index is 400. The Morgan fingerprint density at radius 2 is 2.22 bits per heavy atom. The number of hydrogen-bond donors (Lipinski definition) is 2. The summed E-state index contributed by atoms with van der Waals surface area (Å²) in [7, 11) is 0. The summed E-state index contributed by atoms with van der Waals surface area (Å²) in [5, 5.41) is 6.09. The normalized spacial score (nSPS) is 17.1. The van der Waals surface area contributed by atoms with Crippen LogP contribution in [-0.4, -0.2) is 36.0 Å². The quantitative estimate of drug-likeness (QED) is 0.852. The molecular weight excluding hydrogens is 240 g/mol. The van der Waals surface area contributed by atoms with Crippen molar-refractivity contribution in [2.45, 2.75) is 31.9 Å². The second-order valence-corrected chi connectivity index (χ2v) is 4.43. The average Bonchev–Trinajstić information content (AvgIpc) is 2.77. The van der Waals surface area contributed by atoms with E-state index in [1.165, 1.54) is 10.8 Å². The van der Waals surface area contributed by atoms with E-state index in [0.29, 0.717) is 5.69 Å². The fourth-order valence-corrected chi connectivity index (χ4v) is 2.15. The van der Waals surface area contributed by atoms with Crippen LogP contribution in [0.2, 0.25) is 0 Å². The Hall–Kier alpha value is -1.43. The summed E-state index contributed by atoms with van der Waals surface area (Å²) in [6, 6.07) is 3.31. The van der Waals surface area contributed by atoms with Crippen LogP contribution < -0.4 is 10.6 Å². The van der Waals surface area contributed by atoms with E-state index in [-0.39, 0.29) is 11.9 Å². The lowest BCUT2D eigenvalue weighted by atomic mass is 10.1. The largest absolute Gasteiger partial charge is 0.348 e. The minimum Gasteiger partial charge on any atom is -0.348 e. The molecule has 2 heterocycles. The van der Waals surface area contributed by atoms with Gasteiger partial charge in [-0.2, -0.15) is 0 Å². The van der Waals surface area contributed by atoms with Crippen LogP contribution in [0, 0.1) is 0 Å². The first-order chi connectivity index (χ1) is 8.66. The number of rotatable bonds is 4. The van der Waals surface area contributed by atoms with E-state index in [2.05, 4.69) is 10.6 Å². The van der Waals surface area contributed by atoms with Crippen molar-refractivity contribution in [3.63, 3.8) is 0 Å². The molecule has 4 nitrogen and oxygen atoms in total. The van der Waals surface area contributed by atoms with Crippen LogP contribution in [0.1, 0.15) is 23.3 Å². The molecule has 1 fully saturated rings. The zero-order valence-corrected chi connectivity index (χ0v) is 10.0. The first-order valence-corrected chi connectivity index (χ1v) is 6.11. The summed E-state index contributed by atoms with van der Waals surface area (Å²) in [6.45, 7) is 1.31. The van der Waals surface area contributed by atoms with Crippen molar-refractivity contribution in [1.29, 1.82) is 0 Å². The minimum absolute atomic E-state index is 0.133. The number of nitrogens with zero attached hydrogens (tertiary/aromatic N) is 1. The molecule has 18 heavy (non-hydrogen) atoms. The molecule has 0 spiro atoms. The smallest absolute Gasteiger partial charge is 0.268 e. The van der Waals surface area contributed by atoms with Crippen molar-refractivity contribution in [2.75, 3.05) is 13.1 Å². The molecule has 0 saturated carbocycles. The molecule has 0 atom stereocenters. The van der Waals surface area contributed by atoms with Gasteiger partial charge in [0.05, 0.1) is 6.54 Å². The molecule has 0 radical (unpaired) electrons. The first kappa shape index (κ1) is 13.0. The maximum absolute atomic E-state index is 12.3. The third kappa shape index (κ3) is 3.29. The molecule has 1 aromatic heterocycles. The predicted octanol–water partition coefficient (Wildman–Crippen LogP) is 1.23. The third-order valence-corrected chi connectivity index (χ3v) is 3.07. The summed E-state index contributed by atoms with van der Waals surface area (Å²) in [6.07, 6.45) is 0.800. The maximum Gasteiger partial charge on any atom is 0.268 e. The van der Waals surface area contributed by atoms with E-state index in [4.69, 9.17) is 0 Å². The van der Waals surface area contributed by atoms with Gasteiger partial charge in [-0.15, -0.1) is 0 Å². The summed E-state index contributed by atoms with van der Waals surface area (Å²) in [5.41, 5.74) is 0.300. The Morgan fingerprint density at radius 1 is 1.50 bits per heavy atom. The molecule has 1 saturated heterocycles. The van der Waals surface area contributed by atoms with Gasteiger partial charge in [-0.05, 0) is 38.1 Å². The fraction of sp³-hybridized carbons (Fsp3) is 0.583. The van der Waals surface area contributed by atoms with Crippen molar-refractivity contribution < 1.29 is 13.6 Å². The van der Waals surface area contributed by atoms with E-state index < -0.39 is 13.0 Å². The number of carbonyl (C=O) groups is 1. The highest BCUT2D eigenvalue weighted by Gasteiger charge is 2.19. The van der Waals surface area contributed by atoms with Crippen LogP contribution >= 0.6 is 0 Å². The van der Waals surface area contributed by atoms with E-state index >= 15 is 0 Å². The zero-order chi connectivity index (χ0) is 13.0. The summed E-state index contributed by atoms with van der Waals surface area (Å²) in [5.74, 6) is -0.271. The summed E-state index contributed by atoms with van der Waals surface area (Å²) < 4.78 is 26.0. The van der Waals surface area contributed by atoms with Gasteiger partial charge in [0.25, 0.3) is 12.3 Å². The highest BCUT2D eigenvalue weighted by atomic mass is 19.3. The lowest BCUT2D eigenvalue weighted by Crippen LogP contribution is -2.43. The monoisotopic (exact) mass is 257 g/mol. The third-order valence-electron chi connectivity index (χ3n) is 3.07. The number of piperidine rings is 1. The molecule has 1 aliphatic heterocycles. The molecular formula is C12H17F2N3O. The average molecular weight is 257 g/mol. The van der Waals surface area contributed by atoms with E-state index in [1.807, 2.05) is 0 Å². The van der Waals surface area contributed by atoms with Crippen LogP contribution in [0.4, 0.5) is 8.78 Å². The molecule has 0 aromatic carbocycles. The molecule has 0 aliphatic carbocycles. The van der Waals surface area contributed by atoms with Crippen molar-refractivity contribution in [2.24, 2.45) is 0 Å². The predicted molar refractivity (Wildman–Crippen MR) is 63.8 cm³/mol. The van der Waals surface area contributed by atoms with Gasteiger partial charge in [-0.1, -0.05) is 0 Å². The molecule has 1 amide bonds. The topological polar surface area (TPSA) is 46.1 Å². The van der Waals surface area contributed by atoms with Gasteiger partial charge in [0.15, 0.2) is 0 Å².